The van der Waals surface area contributed by atoms with E-state index in [1.54, 1.807) is 6.92 Å². The maximum Gasteiger partial charge on any atom is 0.306 e. The Labute approximate surface area is 89.0 Å². The topological polar surface area (TPSA) is 60.4 Å². The molecule has 0 amide bonds. The van der Waals surface area contributed by atoms with E-state index in [1.165, 1.54) is 13.8 Å². The van der Waals surface area contributed by atoms with Crippen molar-refractivity contribution in [1.29, 1.82) is 0 Å². The minimum Gasteiger partial charge on any atom is -0.459 e. The lowest BCUT2D eigenvalue weighted by molar-refractivity contribution is -0.155. The SMILES string of the molecule is CC(=O)CC(C(C)=O)C1(C)CCC(=O)O1. The third kappa shape index (κ3) is 2.64. The maximum absolute atomic E-state index is 11.4. The molecule has 1 aliphatic rings. The highest BCUT2D eigenvalue weighted by Crippen LogP contribution is 2.35. The first kappa shape index (κ1) is 11.9. The van der Waals surface area contributed by atoms with Gasteiger partial charge in [-0.2, -0.15) is 0 Å². The summed E-state index contributed by atoms with van der Waals surface area (Å²) >= 11 is 0. The predicted molar refractivity (Wildman–Crippen MR) is 53.2 cm³/mol. The Morgan fingerprint density at radius 3 is 2.40 bits per heavy atom. The molecule has 84 valence electrons. The second-order valence-corrected chi connectivity index (χ2v) is 4.36. The average molecular weight is 212 g/mol. The molecule has 0 aromatic rings. The van der Waals surface area contributed by atoms with Gasteiger partial charge in [0.1, 0.15) is 17.2 Å². The predicted octanol–water partition coefficient (Wildman–Crippen LogP) is 1.27. The van der Waals surface area contributed by atoms with E-state index in [1.807, 2.05) is 0 Å². The van der Waals surface area contributed by atoms with Crippen LogP contribution in [0.15, 0.2) is 0 Å². The zero-order valence-corrected chi connectivity index (χ0v) is 9.33. The third-order valence-electron chi connectivity index (χ3n) is 2.89. The zero-order chi connectivity index (χ0) is 11.6. The Hall–Kier alpha value is -1.19. The number of hydrogen-bond donors (Lipinski definition) is 0. The summed E-state index contributed by atoms with van der Waals surface area (Å²) in [5.74, 6) is -0.935. The maximum atomic E-state index is 11.4. The van der Waals surface area contributed by atoms with Crippen LogP contribution in [-0.2, 0) is 19.1 Å². The highest BCUT2D eigenvalue weighted by molar-refractivity contribution is 5.87. The molecule has 1 aliphatic heterocycles. The normalized spacial score (nSPS) is 27.3. The standard InChI is InChI=1S/C11H16O4/c1-7(12)6-9(8(2)13)11(3)5-4-10(14)15-11/h9H,4-6H2,1-3H3. The molecule has 0 aliphatic carbocycles. The fraction of sp³-hybridized carbons (Fsp3) is 0.727. The van der Waals surface area contributed by atoms with E-state index in [9.17, 15) is 14.4 Å². The molecule has 1 saturated heterocycles. The van der Waals surface area contributed by atoms with Crippen LogP contribution in [0.25, 0.3) is 0 Å². The van der Waals surface area contributed by atoms with Gasteiger partial charge in [0.05, 0.1) is 5.92 Å². The second kappa shape index (κ2) is 4.13. The van der Waals surface area contributed by atoms with Crippen LogP contribution in [0, 0.1) is 5.92 Å². The molecule has 0 aromatic heterocycles. The van der Waals surface area contributed by atoms with Crippen LogP contribution in [0.2, 0.25) is 0 Å². The summed E-state index contributed by atoms with van der Waals surface area (Å²) in [4.78, 5) is 33.5. The van der Waals surface area contributed by atoms with Crippen molar-refractivity contribution < 1.29 is 19.1 Å². The highest BCUT2D eigenvalue weighted by atomic mass is 16.6. The molecule has 0 spiro atoms. The van der Waals surface area contributed by atoms with Crippen molar-refractivity contribution in [1.82, 2.24) is 0 Å². The van der Waals surface area contributed by atoms with Gasteiger partial charge in [-0.3, -0.25) is 9.59 Å². The van der Waals surface area contributed by atoms with Crippen molar-refractivity contribution in [3.05, 3.63) is 0 Å². The highest BCUT2D eigenvalue weighted by Gasteiger charge is 2.45. The lowest BCUT2D eigenvalue weighted by atomic mass is 9.81. The van der Waals surface area contributed by atoms with E-state index in [4.69, 9.17) is 4.74 Å². The largest absolute Gasteiger partial charge is 0.459 e. The first-order valence-corrected chi connectivity index (χ1v) is 5.07. The molecule has 0 saturated carbocycles. The number of carbonyl (C=O) groups excluding carboxylic acids is 3. The number of carbonyl (C=O) groups is 3. The van der Waals surface area contributed by atoms with Crippen LogP contribution in [0.1, 0.15) is 40.0 Å². The molecule has 0 aromatic carbocycles. The monoisotopic (exact) mass is 212 g/mol. The molecule has 2 unspecified atom stereocenters. The first-order chi connectivity index (χ1) is 6.85. The summed E-state index contributed by atoms with van der Waals surface area (Å²) in [5.41, 5.74) is -0.783. The summed E-state index contributed by atoms with van der Waals surface area (Å²) in [7, 11) is 0. The molecule has 0 bridgehead atoms. The first-order valence-electron chi connectivity index (χ1n) is 5.07. The molecule has 2 atom stereocenters. The van der Waals surface area contributed by atoms with Gasteiger partial charge >= 0.3 is 5.97 Å². The molecule has 1 rings (SSSR count). The molecular formula is C11H16O4. The molecule has 0 N–H and O–H groups in total. The van der Waals surface area contributed by atoms with E-state index < -0.39 is 11.5 Å². The smallest absolute Gasteiger partial charge is 0.306 e. The quantitative estimate of drug-likeness (QED) is 0.658. The summed E-state index contributed by atoms with van der Waals surface area (Å²) in [6, 6.07) is 0. The lowest BCUT2D eigenvalue weighted by Gasteiger charge is -2.30. The van der Waals surface area contributed by atoms with E-state index in [0.29, 0.717) is 12.8 Å². The Balaban J connectivity index is 2.84. The van der Waals surface area contributed by atoms with Crippen molar-refractivity contribution in [2.24, 2.45) is 5.92 Å². The van der Waals surface area contributed by atoms with E-state index >= 15 is 0 Å². The summed E-state index contributed by atoms with van der Waals surface area (Å²) < 4.78 is 5.16. The van der Waals surface area contributed by atoms with Crippen LogP contribution in [0.4, 0.5) is 0 Å². The van der Waals surface area contributed by atoms with Crippen molar-refractivity contribution in [2.45, 2.75) is 45.6 Å². The van der Waals surface area contributed by atoms with Crippen LogP contribution >= 0.6 is 0 Å². The van der Waals surface area contributed by atoms with Crippen LogP contribution < -0.4 is 0 Å². The van der Waals surface area contributed by atoms with Gasteiger partial charge in [-0.15, -0.1) is 0 Å². The number of cyclic esters (lactones) is 1. The fourth-order valence-electron chi connectivity index (χ4n) is 2.03. The average Bonchev–Trinajstić information content (AvgIpc) is 2.42. The van der Waals surface area contributed by atoms with E-state index in [-0.39, 0.29) is 24.0 Å². The van der Waals surface area contributed by atoms with E-state index in [2.05, 4.69) is 0 Å². The number of ether oxygens (including phenoxy) is 1. The van der Waals surface area contributed by atoms with Gasteiger partial charge in [0.25, 0.3) is 0 Å². The second-order valence-electron chi connectivity index (χ2n) is 4.36. The van der Waals surface area contributed by atoms with Crippen molar-refractivity contribution in [3.8, 4) is 0 Å². The van der Waals surface area contributed by atoms with Crippen molar-refractivity contribution in [2.75, 3.05) is 0 Å². The molecule has 4 nitrogen and oxygen atoms in total. The Kier molecular flexibility index (Phi) is 3.27. The molecule has 1 heterocycles. The van der Waals surface area contributed by atoms with Gasteiger partial charge in [-0.25, -0.2) is 0 Å². The fourth-order valence-corrected chi connectivity index (χ4v) is 2.03. The Morgan fingerprint density at radius 2 is 2.07 bits per heavy atom. The van der Waals surface area contributed by atoms with Crippen LogP contribution in [-0.4, -0.2) is 23.1 Å². The summed E-state index contributed by atoms with van der Waals surface area (Å²) in [6.07, 6.45) is 1.00. The summed E-state index contributed by atoms with van der Waals surface area (Å²) in [5, 5.41) is 0. The number of Topliss-reactive ketones (excluding diaryl/α,β-unsaturated/α-hetero) is 2. The van der Waals surface area contributed by atoms with Crippen LogP contribution in [0.5, 0.6) is 0 Å². The minimum absolute atomic E-state index is 0.0561. The number of ketones is 2. The van der Waals surface area contributed by atoms with Gasteiger partial charge in [0.2, 0.25) is 0 Å². The third-order valence-corrected chi connectivity index (χ3v) is 2.89. The Morgan fingerprint density at radius 1 is 1.47 bits per heavy atom. The molecule has 4 heteroatoms. The van der Waals surface area contributed by atoms with Gasteiger partial charge in [0, 0.05) is 12.8 Å². The van der Waals surface area contributed by atoms with Crippen molar-refractivity contribution in [3.63, 3.8) is 0 Å². The van der Waals surface area contributed by atoms with Crippen LogP contribution in [0.3, 0.4) is 0 Å². The lowest BCUT2D eigenvalue weighted by Crippen LogP contribution is -2.39. The van der Waals surface area contributed by atoms with Crippen molar-refractivity contribution >= 4 is 17.5 Å². The van der Waals surface area contributed by atoms with Gasteiger partial charge in [-0.1, -0.05) is 0 Å². The molecule has 1 fully saturated rings. The summed E-state index contributed by atoms with van der Waals surface area (Å²) in [6.45, 7) is 4.61. The number of hydrogen-bond acceptors (Lipinski definition) is 4. The van der Waals surface area contributed by atoms with Gasteiger partial charge < -0.3 is 9.53 Å². The molecular weight excluding hydrogens is 196 g/mol. The van der Waals surface area contributed by atoms with E-state index in [0.717, 1.165) is 0 Å². The van der Waals surface area contributed by atoms with Gasteiger partial charge in [0.15, 0.2) is 0 Å². The number of rotatable bonds is 4. The zero-order valence-electron chi connectivity index (χ0n) is 9.33. The Bertz CT molecular complexity index is 308. The molecule has 15 heavy (non-hydrogen) atoms. The number of esters is 1. The molecule has 0 radical (unpaired) electrons. The minimum atomic E-state index is -0.783. The van der Waals surface area contributed by atoms with Gasteiger partial charge in [-0.05, 0) is 27.2 Å².